The van der Waals surface area contributed by atoms with Crippen molar-refractivity contribution in [1.29, 1.82) is 5.26 Å². The number of ether oxygens (including phenoxy) is 1. The number of aliphatic hydroxyl groups excluding tert-OH is 1. The van der Waals surface area contributed by atoms with E-state index in [4.69, 9.17) is 15.1 Å². The highest BCUT2D eigenvalue weighted by Crippen LogP contribution is 2.22. The quantitative estimate of drug-likeness (QED) is 0.856. The Hall–Kier alpha value is -1.61. The Balaban J connectivity index is 1.96. The summed E-state index contributed by atoms with van der Waals surface area (Å²) in [5.41, 5.74) is 1.74. The fourth-order valence-electron chi connectivity index (χ4n) is 2.50. The van der Waals surface area contributed by atoms with E-state index in [2.05, 4.69) is 15.9 Å². The van der Waals surface area contributed by atoms with Gasteiger partial charge >= 0.3 is 0 Å². The van der Waals surface area contributed by atoms with Crippen LogP contribution in [0, 0.1) is 11.3 Å². The van der Waals surface area contributed by atoms with Crippen molar-refractivity contribution in [3.8, 4) is 11.8 Å². The molecule has 0 spiro atoms. The van der Waals surface area contributed by atoms with Crippen LogP contribution in [0.4, 0.5) is 0 Å². The first kappa shape index (κ1) is 14.8. The number of β-amino-alcohol motifs (C(OH)–C–C–N with tert-alkyl or cyclic N) is 1. The molecule has 0 aromatic heterocycles. The van der Waals surface area contributed by atoms with Gasteiger partial charge < -0.3 is 9.84 Å². The third-order valence-electron chi connectivity index (χ3n) is 3.69. The molecule has 0 aliphatic carbocycles. The highest BCUT2D eigenvalue weighted by molar-refractivity contribution is 5.42. The summed E-state index contributed by atoms with van der Waals surface area (Å²) in [6, 6.07) is 7.72. The Morgan fingerprint density at radius 2 is 1.95 bits per heavy atom. The van der Waals surface area contributed by atoms with Gasteiger partial charge in [0.05, 0.1) is 25.3 Å². The van der Waals surface area contributed by atoms with Crippen molar-refractivity contribution in [1.82, 2.24) is 9.80 Å². The number of aliphatic hydroxyl groups is 1. The lowest BCUT2D eigenvalue weighted by Crippen LogP contribution is -2.46. The molecule has 1 fully saturated rings. The average Bonchev–Trinajstić information content (AvgIpc) is 2.50. The van der Waals surface area contributed by atoms with Gasteiger partial charge in [-0.2, -0.15) is 5.26 Å². The first-order valence-corrected chi connectivity index (χ1v) is 6.89. The summed E-state index contributed by atoms with van der Waals surface area (Å²) in [6.45, 7) is 5.77. The first-order chi connectivity index (χ1) is 9.76. The van der Waals surface area contributed by atoms with Crippen molar-refractivity contribution in [3.05, 3.63) is 29.3 Å². The predicted octanol–water partition coefficient (Wildman–Crippen LogP) is 0.677. The van der Waals surface area contributed by atoms with Crippen molar-refractivity contribution < 1.29 is 9.84 Å². The third-order valence-corrected chi connectivity index (χ3v) is 3.69. The molecule has 0 amide bonds. The minimum absolute atomic E-state index is 0.226. The number of hydrogen-bond acceptors (Lipinski definition) is 5. The van der Waals surface area contributed by atoms with Gasteiger partial charge in [0.15, 0.2) is 0 Å². The Morgan fingerprint density at radius 3 is 2.55 bits per heavy atom. The number of benzene rings is 1. The van der Waals surface area contributed by atoms with Crippen LogP contribution in [-0.2, 0) is 6.54 Å². The van der Waals surface area contributed by atoms with Gasteiger partial charge in [-0.05, 0) is 12.1 Å². The van der Waals surface area contributed by atoms with E-state index in [9.17, 15) is 0 Å². The molecule has 5 heteroatoms. The summed E-state index contributed by atoms with van der Waals surface area (Å²) in [5.74, 6) is 0.779. The summed E-state index contributed by atoms with van der Waals surface area (Å²) in [4.78, 5) is 4.64. The summed E-state index contributed by atoms with van der Waals surface area (Å²) >= 11 is 0. The fourth-order valence-corrected chi connectivity index (χ4v) is 2.50. The number of methoxy groups -OCH3 is 1. The van der Waals surface area contributed by atoms with Crippen LogP contribution in [-0.4, -0.2) is 61.3 Å². The van der Waals surface area contributed by atoms with E-state index in [0.29, 0.717) is 5.56 Å². The molecule has 1 aromatic rings. The number of rotatable bonds is 5. The van der Waals surface area contributed by atoms with Crippen LogP contribution in [0.1, 0.15) is 11.1 Å². The van der Waals surface area contributed by atoms with Crippen molar-refractivity contribution in [2.24, 2.45) is 0 Å². The Labute approximate surface area is 120 Å². The van der Waals surface area contributed by atoms with Gasteiger partial charge in [-0.3, -0.25) is 9.80 Å². The minimum Gasteiger partial charge on any atom is -0.496 e. The second-order valence-electron chi connectivity index (χ2n) is 4.98. The number of piperazine rings is 1. The van der Waals surface area contributed by atoms with E-state index in [-0.39, 0.29) is 6.61 Å². The largest absolute Gasteiger partial charge is 0.496 e. The average molecular weight is 275 g/mol. The molecule has 1 aliphatic rings. The van der Waals surface area contributed by atoms with Crippen LogP contribution in [0.5, 0.6) is 5.75 Å². The molecule has 1 heterocycles. The predicted molar refractivity (Wildman–Crippen MR) is 76.5 cm³/mol. The van der Waals surface area contributed by atoms with Gasteiger partial charge in [-0.1, -0.05) is 6.07 Å². The summed E-state index contributed by atoms with van der Waals surface area (Å²) in [5, 5.41) is 17.8. The lowest BCUT2D eigenvalue weighted by atomic mass is 10.1. The number of hydrogen-bond donors (Lipinski definition) is 1. The van der Waals surface area contributed by atoms with Crippen LogP contribution in [0.2, 0.25) is 0 Å². The second kappa shape index (κ2) is 7.25. The zero-order valence-corrected chi connectivity index (χ0v) is 11.9. The summed E-state index contributed by atoms with van der Waals surface area (Å²) in [6.07, 6.45) is 0. The maximum absolute atomic E-state index is 8.94. The third kappa shape index (κ3) is 3.70. The van der Waals surface area contributed by atoms with Gasteiger partial charge in [0, 0.05) is 44.8 Å². The number of nitrogens with zero attached hydrogens (tertiary/aromatic N) is 3. The lowest BCUT2D eigenvalue weighted by Gasteiger charge is -2.34. The van der Waals surface area contributed by atoms with E-state index in [1.54, 1.807) is 13.2 Å². The Morgan fingerprint density at radius 1 is 1.25 bits per heavy atom. The van der Waals surface area contributed by atoms with Crippen LogP contribution in [0.25, 0.3) is 0 Å². The molecule has 1 saturated heterocycles. The van der Waals surface area contributed by atoms with Gasteiger partial charge in [-0.25, -0.2) is 0 Å². The normalized spacial score (nSPS) is 16.9. The molecule has 1 N–H and O–H groups in total. The molecule has 1 aromatic carbocycles. The zero-order valence-electron chi connectivity index (χ0n) is 11.9. The summed E-state index contributed by atoms with van der Waals surface area (Å²) in [7, 11) is 1.64. The molecule has 20 heavy (non-hydrogen) atoms. The van der Waals surface area contributed by atoms with Crippen LogP contribution < -0.4 is 4.74 Å². The standard InChI is InChI=1S/C15H21N3O2/c1-20-15-10-13(11-16)2-3-14(15)12-18-6-4-17(5-7-18)8-9-19/h2-3,10,19H,4-9,12H2,1H3. The topological polar surface area (TPSA) is 59.7 Å². The van der Waals surface area contributed by atoms with Gasteiger partial charge in [0.1, 0.15) is 5.75 Å². The number of nitriles is 1. The highest BCUT2D eigenvalue weighted by atomic mass is 16.5. The zero-order chi connectivity index (χ0) is 14.4. The van der Waals surface area contributed by atoms with Crippen LogP contribution >= 0.6 is 0 Å². The maximum Gasteiger partial charge on any atom is 0.124 e. The molecule has 0 radical (unpaired) electrons. The minimum atomic E-state index is 0.226. The molecule has 0 atom stereocenters. The van der Waals surface area contributed by atoms with E-state index >= 15 is 0 Å². The first-order valence-electron chi connectivity index (χ1n) is 6.89. The van der Waals surface area contributed by atoms with Crippen molar-refractivity contribution in [2.45, 2.75) is 6.54 Å². The molecule has 2 rings (SSSR count). The second-order valence-corrected chi connectivity index (χ2v) is 4.98. The summed E-state index contributed by atoms with van der Waals surface area (Å²) < 4.78 is 5.37. The fraction of sp³-hybridized carbons (Fsp3) is 0.533. The van der Waals surface area contributed by atoms with Crippen molar-refractivity contribution in [3.63, 3.8) is 0 Å². The van der Waals surface area contributed by atoms with Gasteiger partial charge in [-0.15, -0.1) is 0 Å². The maximum atomic E-state index is 8.94. The monoisotopic (exact) mass is 275 g/mol. The Kier molecular flexibility index (Phi) is 5.36. The van der Waals surface area contributed by atoms with Crippen molar-refractivity contribution in [2.75, 3.05) is 46.4 Å². The SMILES string of the molecule is COc1cc(C#N)ccc1CN1CCN(CCO)CC1. The molecular weight excluding hydrogens is 254 g/mol. The van der Waals surface area contributed by atoms with Crippen LogP contribution in [0.15, 0.2) is 18.2 Å². The van der Waals surface area contributed by atoms with Gasteiger partial charge in [0.2, 0.25) is 0 Å². The molecule has 1 aliphatic heterocycles. The molecule has 0 bridgehead atoms. The van der Waals surface area contributed by atoms with Gasteiger partial charge in [0.25, 0.3) is 0 Å². The lowest BCUT2D eigenvalue weighted by molar-refractivity contribution is 0.108. The van der Waals surface area contributed by atoms with E-state index in [1.807, 2.05) is 12.1 Å². The van der Waals surface area contributed by atoms with E-state index in [0.717, 1.165) is 50.6 Å². The van der Waals surface area contributed by atoms with Crippen molar-refractivity contribution >= 4 is 0 Å². The molecule has 0 saturated carbocycles. The van der Waals surface area contributed by atoms with E-state index < -0.39 is 0 Å². The molecule has 5 nitrogen and oxygen atoms in total. The smallest absolute Gasteiger partial charge is 0.124 e. The molecule has 108 valence electrons. The highest BCUT2D eigenvalue weighted by Gasteiger charge is 2.17. The molecule has 0 unspecified atom stereocenters. The molecular formula is C15H21N3O2. The van der Waals surface area contributed by atoms with E-state index in [1.165, 1.54) is 0 Å². The Bertz CT molecular complexity index is 476. The van der Waals surface area contributed by atoms with Crippen LogP contribution in [0.3, 0.4) is 0 Å².